The number of hydrogen-bond donors (Lipinski definition) is 0. The number of amides is 1. The van der Waals surface area contributed by atoms with E-state index in [-0.39, 0.29) is 5.91 Å². The minimum Gasteiger partial charge on any atom is -0.457 e. The molecule has 1 atom stereocenters. The summed E-state index contributed by atoms with van der Waals surface area (Å²) in [5.41, 5.74) is 0.849. The lowest BCUT2D eigenvalue weighted by molar-refractivity contribution is -0.127. The molecule has 4 rings (SSSR count). The van der Waals surface area contributed by atoms with E-state index in [2.05, 4.69) is 0 Å². The normalized spacial score (nSPS) is 21.3. The van der Waals surface area contributed by atoms with E-state index in [1.807, 2.05) is 35.2 Å². The fourth-order valence-electron chi connectivity index (χ4n) is 3.14. The maximum absolute atomic E-state index is 12.6. The van der Waals surface area contributed by atoms with Crippen LogP contribution in [-0.2, 0) is 9.53 Å². The van der Waals surface area contributed by atoms with Gasteiger partial charge in [0.25, 0.3) is 0 Å². The third-order valence-electron chi connectivity index (χ3n) is 4.58. The molecule has 1 saturated heterocycles. The summed E-state index contributed by atoms with van der Waals surface area (Å²) in [5, 5.41) is 1.06. The molecule has 23 heavy (non-hydrogen) atoms. The SMILES string of the molecule is O=C(C=Cc1cc2ccccc2o1)N(CC1CCOC1)C1CC1. The zero-order chi connectivity index (χ0) is 15.6. The lowest BCUT2D eigenvalue weighted by Gasteiger charge is -2.23. The van der Waals surface area contributed by atoms with Crippen molar-refractivity contribution >= 4 is 23.0 Å². The number of hydrogen-bond acceptors (Lipinski definition) is 3. The first-order chi connectivity index (χ1) is 11.3. The predicted octanol–water partition coefficient (Wildman–Crippen LogP) is 3.47. The summed E-state index contributed by atoms with van der Waals surface area (Å²) in [6.07, 6.45) is 6.73. The average Bonchev–Trinajstić information content (AvgIpc) is 3.11. The van der Waals surface area contributed by atoms with Crippen LogP contribution in [0.2, 0.25) is 0 Å². The molecule has 120 valence electrons. The predicted molar refractivity (Wildman–Crippen MR) is 88.9 cm³/mol. The van der Waals surface area contributed by atoms with Crippen molar-refractivity contribution in [2.45, 2.75) is 25.3 Å². The van der Waals surface area contributed by atoms with Crippen molar-refractivity contribution in [2.75, 3.05) is 19.8 Å². The first-order valence-corrected chi connectivity index (χ1v) is 8.34. The molecule has 1 aromatic heterocycles. The molecule has 2 heterocycles. The van der Waals surface area contributed by atoms with Gasteiger partial charge < -0.3 is 14.1 Å². The van der Waals surface area contributed by atoms with Crippen LogP contribution in [0.5, 0.6) is 0 Å². The van der Waals surface area contributed by atoms with Crippen molar-refractivity contribution in [3.63, 3.8) is 0 Å². The van der Waals surface area contributed by atoms with Gasteiger partial charge in [0.2, 0.25) is 5.91 Å². The quantitative estimate of drug-likeness (QED) is 0.794. The van der Waals surface area contributed by atoms with Crippen LogP contribution in [-0.4, -0.2) is 36.6 Å². The minimum absolute atomic E-state index is 0.0832. The first kappa shape index (κ1) is 14.5. The monoisotopic (exact) mass is 311 g/mol. The highest BCUT2D eigenvalue weighted by Crippen LogP contribution is 2.29. The summed E-state index contributed by atoms with van der Waals surface area (Å²) in [6, 6.07) is 10.3. The number of carbonyl (C=O) groups is 1. The number of fused-ring (bicyclic) bond motifs is 1. The van der Waals surface area contributed by atoms with Crippen LogP contribution in [0.3, 0.4) is 0 Å². The molecule has 2 fully saturated rings. The third-order valence-corrected chi connectivity index (χ3v) is 4.58. The molecular formula is C19H21NO3. The Labute approximate surface area is 135 Å². The number of rotatable bonds is 5. The van der Waals surface area contributed by atoms with Crippen LogP contribution in [0.25, 0.3) is 17.0 Å². The molecule has 0 bridgehead atoms. The second kappa shape index (κ2) is 6.20. The highest BCUT2D eigenvalue weighted by molar-refractivity contribution is 5.92. The molecule has 4 heteroatoms. The van der Waals surface area contributed by atoms with Crippen molar-refractivity contribution in [1.82, 2.24) is 4.90 Å². The molecule has 1 amide bonds. The number of nitrogens with zero attached hydrogens (tertiary/aromatic N) is 1. The Bertz CT molecular complexity index is 690. The molecule has 1 aliphatic heterocycles. The van der Waals surface area contributed by atoms with Gasteiger partial charge in [-0.25, -0.2) is 0 Å². The molecule has 1 unspecified atom stereocenters. The Hall–Kier alpha value is -2.07. The minimum atomic E-state index is 0.0832. The molecule has 1 aromatic carbocycles. The van der Waals surface area contributed by atoms with Crippen LogP contribution in [0.15, 0.2) is 40.8 Å². The number of carbonyl (C=O) groups excluding carboxylic acids is 1. The summed E-state index contributed by atoms with van der Waals surface area (Å²) in [6.45, 7) is 2.42. The van der Waals surface area contributed by atoms with Crippen LogP contribution in [0.4, 0.5) is 0 Å². The van der Waals surface area contributed by atoms with Crippen molar-refractivity contribution in [3.8, 4) is 0 Å². The van der Waals surface area contributed by atoms with E-state index < -0.39 is 0 Å². The van der Waals surface area contributed by atoms with Crippen molar-refractivity contribution in [2.24, 2.45) is 5.92 Å². The van der Waals surface area contributed by atoms with Crippen LogP contribution >= 0.6 is 0 Å². The van der Waals surface area contributed by atoms with Crippen LogP contribution < -0.4 is 0 Å². The summed E-state index contributed by atoms with van der Waals surface area (Å²) in [5.74, 6) is 1.29. The van der Waals surface area contributed by atoms with Gasteiger partial charge in [-0.1, -0.05) is 18.2 Å². The van der Waals surface area contributed by atoms with Gasteiger partial charge in [0.1, 0.15) is 11.3 Å². The number of para-hydroxylation sites is 1. The van der Waals surface area contributed by atoms with Crippen molar-refractivity contribution in [3.05, 3.63) is 42.2 Å². The third kappa shape index (κ3) is 3.32. The largest absolute Gasteiger partial charge is 0.457 e. The summed E-state index contributed by atoms with van der Waals surface area (Å²) in [4.78, 5) is 14.6. The van der Waals surface area contributed by atoms with E-state index in [0.29, 0.717) is 12.0 Å². The van der Waals surface area contributed by atoms with E-state index in [1.54, 1.807) is 12.2 Å². The fraction of sp³-hybridized carbons (Fsp3) is 0.421. The molecule has 4 nitrogen and oxygen atoms in total. The summed E-state index contributed by atoms with van der Waals surface area (Å²) >= 11 is 0. The molecule has 0 spiro atoms. The number of ether oxygens (including phenoxy) is 1. The topological polar surface area (TPSA) is 42.7 Å². The number of furan rings is 1. The molecule has 1 saturated carbocycles. The van der Waals surface area contributed by atoms with Crippen LogP contribution in [0.1, 0.15) is 25.0 Å². The highest BCUT2D eigenvalue weighted by atomic mass is 16.5. The van der Waals surface area contributed by atoms with Crippen molar-refractivity contribution < 1.29 is 13.9 Å². The molecule has 1 aliphatic carbocycles. The lowest BCUT2D eigenvalue weighted by Crippen LogP contribution is -2.36. The van der Waals surface area contributed by atoms with Gasteiger partial charge in [-0.15, -0.1) is 0 Å². The van der Waals surface area contributed by atoms with Gasteiger partial charge in [-0.3, -0.25) is 4.79 Å². The zero-order valence-electron chi connectivity index (χ0n) is 13.1. The van der Waals surface area contributed by atoms with Gasteiger partial charge in [0.05, 0.1) is 6.61 Å². The van der Waals surface area contributed by atoms with Gasteiger partial charge >= 0.3 is 0 Å². The lowest BCUT2D eigenvalue weighted by atomic mass is 10.1. The highest BCUT2D eigenvalue weighted by Gasteiger charge is 2.33. The Morgan fingerprint density at radius 3 is 2.87 bits per heavy atom. The van der Waals surface area contributed by atoms with E-state index in [1.165, 1.54) is 0 Å². The van der Waals surface area contributed by atoms with Gasteiger partial charge in [0.15, 0.2) is 0 Å². The maximum Gasteiger partial charge on any atom is 0.246 e. The molecular weight excluding hydrogens is 290 g/mol. The van der Waals surface area contributed by atoms with E-state index in [9.17, 15) is 4.79 Å². The molecule has 2 aliphatic rings. The average molecular weight is 311 g/mol. The zero-order valence-corrected chi connectivity index (χ0v) is 13.1. The van der Waals surface area contributed by atoms with Gasteiger partial charge in [-0.2, -0.15) is 0 Å². The van der Waals surface area contributed by atoms with E-state index in [0.717, 1.165) is 55.8 Å². The second-order valence-corrected chi connectivity index (χ2v) is 6.47. The Kier molecular flexibility index (Phi) is 3.92. The van der Waals surface area contributed by atoms with E-state index in [4.69, 9.17) is 9.15 Å². The smallest absolute Gasteiger partial charge is 0.246 e. The maximum atomic E-state index is 12.6. The Morgan fingerprint density at radius 2 is 2.13 bits per heavy atom. The first-order valence-electron chi connectivity index (χ1n) is 8.34. The summed E-state index contributed by atoms with van der Waals surface area (Å²) in [7, 11) is 0. The van der Waals surface area contributed by atoms with Gasteiger partial charge in [-0.05, 0) is 37.5 Å². The number of benzene rings is 1. The van der Waals surface area contributed by atoms with Crippen LogP contribution in [0, 0.1) is 5.92 Å². The van der Waals surface area contributed by atoms with Gasteiger partial charge in [0, 0.05) is 36.6 Å². The Morgan fingerprint density at radius 1 is 1.26 bits per heavy atom. The second-order valence-electron chi connectivity index (χ2n) is 6.47. The van der Waals surface area contributed by atoms with E-state index >= 15 is 0 Å². The summed E-state index contributed by atoms with van der Waals surface area (Å²) < 4.78 is 11.2. The molecule has 0 N–H and O–H groups in total. The van der Waals surface area contributed by atoms with Crippen molar-refractivity contribution in [1.29, 1.82) is 0 Å². The molecule has 2 aromatic rings. The standard InChI is InChI=1S/C19H21NO3/c21-19(20(16-5-6-16)12-14-9-10-22-13-14)8-7-17-11-15-3-1-2-4-18(15)23-17/h1-4,7-8,11,14,16H,5-6,9-10,12-13H2. The molecule has 0 radical (unpaired) electrons. The Balaban J connectivity index is 1.45. The fourth-order valence-corrected chi connectivity index (χ4v) is 3.14.